The van der Waals surface area contributed by atoms with Gasteiger partial charge in [0.15, 0.2) is 0 Å². The largest absolute Gasteiger partial charge is 0.376 e. The summed E-state index contributed by atoms with van der Waals surface area (Å²) in [7, 11) is 0. The van der Waals surface area contributed by atoms with E-state index in [1.54, 1.807) is 12.1 Å². The Kier molecular flexibility index (Phi) is 11.4. The van der Waals surface area contributed by atoms with Crippen LogP contribution in [0.25, 0.3) is 0 Å². The number of ether oxygens (including phenoxy) is 1. The zero-order chi connectivity index (χ0) is 26.7. The third kappa shape index (κ3) is 8.55. The number of carbonyl (C=O) groups is 3. The molecule has 1 aliphatic carbocycles. The van der Waals surface area contributed by atoms with E-state index < -0.39 is 17.6 Å². The van der Waals surface area contributed by atoms with E-state index in [4.69, 9.17) is 16.3 Å². The molecule has 3 rings (SSSR count). The number of hydrogen-bond acceptors (Lipinski definition) is 5. The minimum Gasteiger partial charge on any atom is -0.376 e. The average Bonchev–Trinajstić information content (AvgIpc) is 3.35. The van der Waals surface area contributed by atoms with Gasteiger partial charge in [0.2, 0.25) is 17.7 Å². The second-order valence-electron chi connectivity index (χ2n) is 10.1. The van der Waals surface area contributed by atoms with Crippen LogP contribution in [0.15, 0.2) is 36.4 Å². The van der Waals surface area contributed by atoms with E-state index in [0.717, 1.165) is 24.8 Å². The monoisotopic (exact) mass is 532 g/mol. The van der Waals surface area contributed by atoms with Crippen molar-refractivity contribution < 1.29 is 19.1 Å². The number of rotatable bonds is 4. The van der Waals surface area contributed by atoms with Gasteiger partial charge < -0.3 is 26.0 Å². The Bertz CT molecular complexity index is 948. The molecule has 1 heterocycles. The summed E-state index contributed by atoms with van der Waals surface area (Å²) in [4.78, 5) is 40.4. The van der Waals surface area contributed by atoms with Crippen molar-refractivity contribution in [3.63, 3.8) is 0 Å². The van der Waals surface area contributed by atoms with Gasteiger partial charge in [0, 0.05) is 24.5 Å². The third-order valence-electron chi connectivity index (χ3n) is 7.30. The van der Waals surface area contributed by atoms with E-state index >= 15 is 0 Å². The van der Waals surface area contributed by atoms with Gasteiger partial charge >= 0.3 is 0 Å². The maximum Gasteiger partial charge on any atom is 0.246 e. The average molecular weight is 533 g/mol. The molecule has 37 heavy (non-hydrogen) atoms. The highest BCUT2D eigenvalue weighted by Gasteiger charge is 2.45. The molecular weight excluding hydrogens is 492 g/mol. The summed E-state index contributed by atoms with van der Waals surface area (Å²) in [6, 6.07) is 6.04. The number of hydrogen-bond donors (Lipinski definition) is 4. The molecule has 0 saturated heterocycles. The summed E-state index contributed by atoms with van der Waals surface area (Å²) in [5.74, 6) is -0.692. The van der Waals surface area contributed by atoms with Gasteiger partial charge in [-0.15, -0.1) is 0 Å². The van der Waals surface area contributed by atoms with Crippen molar-refractivity contribution in [1.82, 2.24) is 21.3 Å². The Hall–Kier alpha value is -2.42. The molecule has 8 nitrogen and oxygen atoms in total. The quantitative estimate of drug-likeness (QED) is 0.446. The van der Waals surface area contributed by atoms with Crippen LogP contribution in [0.5, 0.6) is 0 Å². The predicted molar refractivity (Wildman–Crippen MR) is 145 cm³/mol. The van der Waals surface area contributed by atoms with Gasteiger partial charge in [0.1, 0.15) is 11.6 Å². The van der Waals surface area contributed by atoms with Crippen LogP contribution in [0.1, 0.15) is 57.9 Å². The first kappa shape index (κ1) is 29.1. The molecule has 4 N–H and O–H groups in total. The maximum absolute atomic E-state index is 13.8. The molecule has 2 aliphatic rings. The van der Waals surface area contributed by atoms with E-state index in [9.17, 15) is 14.4 Å². The van der Waals surface area contributed by atoms with Crippen molar-refractivity contribution in [1.29, 1.82) is 0 Å². The van der Waals surface area contributed by atoms with Gasteiger partial charge in [-0.25, -0.2) is 0 Å². The van der Waals surface area contributed by atoms with Crippen LogP contribution in [0, 0.1) is 5.92 Å². The second kappa shape index (κ2) is 14.5. The van der Waals surface area contributed by atoms with Crippen LogP contribution in [0.3, 0.4) is 0 Å². The van der Waals surface area contributed by atoms with Crippen LogP contribution in [0.4, 0.5) is 0 Å². The normalized spacial score (nSPS) is 25.9. The molecule has 1 aliphatic heterocycles. The molecule has 1 aromatic carbocycles. The molecule has 1 saturated carbocycles. The molecule has 3 amide bonds. The summed E-state index contributed by atoms with van der Waals surface area (Å²) in [5, 5.41) is 12.9. The van der Waals surface area contributed by atoms with Crippen molar-refractivity contribution in [3.8, 4) is 0 Å². The predicted octanol–water partition coefficient (Wildman–Crippen LogP) is 2.89. The zero-order valence-electron chi connectivity index (χ0n) is 22.0. The van der Waals surface area contributed by atoms with Crippen LogP contribution in [0.2, 0.25) is 5.02 Å². The molecule has 204 valence electrons. The second-order valence-corrected chi connectivity index (χ2v) is 10.5. The van der Waals surface area contributed by atoms with Crippen LogP contribution >= 0.6 is 11.6 Å². The van der Waals surface area contributed by atoms with Gasteiger partial charge in [-0.05, 0) is 42.9 Å². The molecule has 9 heteroatoms. The molecule has 1 aromatic rings. The fourth-order valence-electron chi connectivity index (χ4n) is 4.92. The standard InChI is InChI=1S/C28H41ClN4O4/c1-3-20(2)24-26(35)33-28(12-5-6-13-28)27(36)32-23(19-21-10-9-11-22(29)18-21)25(34)31-14-7-4-8-16-37-17-15-30-24/h4,8-11,18,20,23-24,30H,3,5-7,12-17,19H2,1-2H3,(H,31,34)(H,32,36)(H,33,35)/b8-4-/t20-,23-,24-/m0/s1. The fraction of sp³-hybridized carbons (Fsp3) is 0.607. The van der Waals surface area contributed by atoms with Gasteiger partial charge in [0.05, 0.1) is 19.3 Å². The van der Waals surface area contributed by atoms with Crippen LogP contribution in [-0.2, 0) is 25.5 Å². The first-order chi connectivity index (χ1) is 17.8. The summed E-state index contributed by atoms with van der Waals surface area (Å²) >= 11 is 6.17. The minimum atomic E-state index is -1.04. The molecule has 0 aromatic heterocycles. The number of halogens is 1. The van der Waals surface area contributed by atoms with Crippen LogP contribution < -0.4 is 21.3 Å². The lowest BCUT2D eigenvalue weighted by Crippen LogP contribution is -2.64. The van der Waals surface area contributed by atoms with Gasteiger partial charge in [0.25, 0.3) is 0 Å². The topological polar surface area (TPSA) is 109 Å². The lowest BCUT2D eigenvalue weighted by atomic mass is 9.92. The summed E-state index contributed by atoms with van der Waals surface area (Å²) in [6.45, 7) is 5.98. The highest BCUT2D eigenvalue weighted by atomic mass is 35.5. The molecule has 0 unspecified atom stereocenters. The smallest absolute Gasteiger partial charge is 0.246 e. The summed E-state index contributed by atoms with van der Waals surface area (Å²) < 4.78 is 5.66. The summed E-state index contributed by atoms with van der Waals surface area (Å²) in [5.41, 5.74) is -0.195. The number of amides is 3. The first-order valence-corrected chi connectivity index (χ1v) is 13.8. The van der Waals surface area contributed by atoms with Gasteiger partial charge in [-0.1, -0.05) is 69.0 Å². The minimum absolute atomic E-state index is 0.0772. The highest BCUT2D eigenvalue weighted by molar-refractivity contribution is 6.30. The van der Waals surface area contributed by atoms with Crippen molar-refractivity contribution >= 4 is 29.3 Å². The van der Waals surface area contributed by atoms with Crippen molar-refractivity contribution in [2.75, 3.05) is 26.3 Å². The SMILES string of the molecule is CC[C@H](C)[C@@H]1NCCOC/C=C\CCNC(=O)[C@H](Cc2cccc(Cl)c2)NC(=O)C2(CCCC2)NC1=O. The Labute approximate surface area is 225 Å². The Morgan fingerprint density at radius 2 is 1.89 bits per heavy atom. The highest BCUT2D eigenvalue weighted by Crippen LogP contribution is 2.31. The van der Waals surface area contributed by atoms with E-state index in [2.05, 4.69) is 21.3 Å². The Balaban J connectivity index is 1.86. The summed E-state index contributed by atoms with van der Waals surface area (Å²) in [6.07, 6.45) is 8.39. The van der Waals surface area contributed by atoms with E-state index in [0.29, 0.717) is 57.0 Å². The number of carbonyl (C=O) groups excluding carboxylic acids is 3. The number of nitrogens with one attached hydrogen (secondary N) is 4. The van der Waals surface area contributed by atoms with Gasteiger partial charge in [-0.2, -0.15) is 0 Å². The molecular formula is C28H41ClN4O4. The van der Waals surface area contributed by atoms with Crippen LogP contribution in [-0.4, -0.2) is 61.6 Å². The zero-order valence-corrected chi connectivity index (χ0v) is 22.7. The molecule has 1 fully saturated rings. The molecule has 1 spiro atoms. The third-order valence-corrected chi connectivity index (χ3v) is 7.54. The molecule has 0 bridgehead atoms. The Morgan fingerprint density at radius 1 is 1.11 bits per heavy atom. The lowest BCUT2D eigenvalue weighted by molar-refractivity contribution is -0.137. The van der Waals surface area contributed by atoms with Crippen molar-refractivity contribution in [2.45, 2.75) is 76.4 Å². The van der Waals surface area contributed by atoms with E-state index in [1.807, 2.05) is 38.1 Å². The van der Waals surface area contributed by atoms with E-state index in [-0.39, 0.29) is 23.6 Å². The van der Waals surface area contributed by atoms with Crippen molar-refractivity contribution in [3.05, 3.63) is 47.0 Å². The van der Waals surface area contributed by atoms with Gasteiger partial charge in [-0.3, -0.25) is 14.4 Å². The molecule has 0 radical (unpaired) electrons. The number of benzene rings is 1. The molecule has 3 atom stereocenters. The maximum atomic E-state index is 13.8. The van der Waals surface area contributed by atoms with Crippen molar-refractivity contribution in [2.24, 2.45) is 5.92 Å². The van der Waals surface area contributed by atoms with E-state index in [1.165, 1.54) is 0 Å². The lowest BCUT2D eigenvalue weighted by Gasteiger charge is -2.34. The Morgan fingerprint density at radius 3 is 2.62 bits per heavy atom. The fourth-order valence-corrected chi connectivity index (χ4v) is 5.13. The first-order valence-electron chi connectivity index (χ1n) is 13.5.